The highest BCUT2D eigenvalue weighted by molar-refractivity contribution is 5.68. The number of amides is 1. The topological polar surface area (TPSA) is 50.4 Å². The predicted molar refractivity (Wildman–Crippen MR) is 84.1 cm³/mol. The zero-order valence-corrected chi connectivity index (χ0v) is 13.7. The van der Waals surface area contributed by atoms with E-state index in [1.54, 1.807) is 12.1 Å². The van der Waals surface area contributed by atoms with Crippen LogP contribution in [0.25, 0.3) is 0 Å². The van der Waals surface area contributed by atoms with Gasteiger partial charge in [0.1, 0.15) is 11.4 Å². The Morgan fingerprint density at radius 3 is 2.50 bits per heavy atom. The van der Waals surface area contributed by atoms with Crippen molar-refractivity contribution in [3.63, 3.8) is 0 Å². The van der Waals surface area contributed by atoms with Crippen LogP contribution in [0.1, 0.15) is 52.1 Å². The maximum Gasteiger partial charge on any atom is 0.407 e. The summed E-state index contributed by atoms with van der Waals surface area (Å²) in [6.07, 6.45) is 1.29. The van der Waals surface area contributed by atoms with Crippen LogP contribution in [-0.2, 0) is 4.74 Å². The minimum absolute atomic E-state index is 0.0475. The third kappa shape index (κ3) is 4.70. The molecule has 1 aliphatic carbocycles. The number of hydrogen-bond donors (Lipinski definition) is 2. The van der Waals surface area contributed by atoms with Crippen molar-refractivity contribution in [3.8, 4) is 0 Å². The van der Waals surface area contributed by atoms with Crippen LogP contribution in [-0.4, -0.2) is 23.8 Å². The van der Waals surface area contributed by atoms with Gasteiger partial charge in [0.15, 0.2) is 0 Å². The molecule has 0 heterocycles. The van der Waals surface area contributed by atoms with Gasteiger partial charge in [0.05, 0.1) is 0 Å². The van der Waals surface area contributed by atoms with E-state index in [9.17, 15) is 9.18 Å². The van der Waals surface area contributed by atoms with Crippen LogP contribution in [0.3, 0.4) is 0 Å². The molecule has 5 heteroatoms. The molecule has 1 amide bonds. The highest BCUT2D eigenvalue weighted by Gasteiger charge is 2.32. The molecule has 0 radical (unpaired) electrons. The molecule has 2 N–H and O–H groups in total. The van der Waals surface area contributed by atoms with E-state index in [0.717, 1.165) is 12.8 Å². The summed E-state index contributed by atoms with van der Waals surface area (Å²) in [6.45, 7) is 7.47. The smallest absolute Gasteiger partial charge is 0.407 e. The molecule has 22 heavy (non-hydrogen) atoms. The Labute approximate surface area is 131 Å². The molecule has 0 saturated heterocycles. The summed E-state index contributed by atoms with van der Waals surface area (Å²) < 4.78 is 18.9. The molecule has 0 bridgehead atoms. The number of alkyl carbamates (subject to hydrolysis) is 1. The summed E-state index contributed by atoms with van der Waals surface area (Å²) in [5.41, 5.74) is 0.191. The molecule has 1 saturated carbocycles. The van der Waals surface area contributed by atoms with Crippen molar-refractivity contribution < 1.29 is 13.9 Å². The highest BCUT2D eigenvalue weighted by atomic mass is 19.1. The fourth-order valence-electron chi connectivity index (χ4n) is 2.62. The summed E-state index contributed by atoms with van der Waals surface area (Å²) >= 11 is 0. The van der Waals surface area contributed by atoms with E-state index in [2.05, 4.69) is 10.6 Å². The molecule has 1 aromatic rings. The molecular formula is C17H25FN2O2. The highest BCUT2D eigenvalue weighted by Crippen LogP contribution is 2.25. The second-order valence-electron chi connectivity index (χ2n) is 6.92. The van der Waals surface area contributed by atoms with Crippen molar-refractivity contribution in [1.82, 2.24) is 10.6 Å². The summed E-state index contributed by atoms with van der Waals surface area (Å²) in [5.74, 6) is -0.190. The van der Waals surface area contributed by atoms with Gasteiger partial charge in [-0.2, -0.15) is 0 Å². The van der Waals surface area contributed by atoms with E-state index in [4.69, 9.17) is 4.74 Å². The van der Waals surface area contributed by atoms with E-state index in [0.29, 0.717) is 5.56 Å². The van der Waals surface area contributed by atoms with Crippen LogP contribution in [0.2, 0.25) is 0 Å². The lowest BCUT2D eigenvalue weighted by atomic mass is 9.86. The minimum atomic E-state index is -0.481. The van der Waals surface area contributed by atoms with Crippen molar-refractivity contribution in [2.45, 2.75) is 64.3 Å². The lowest BCUT2D eigenvalue weighted by Gasteiger charge is -2.38. The third-order valence-electron chi connectivity index (χ3n) is 3.72. The van der Waals surface area contributed by atoms with Crippen LogP contribution < -0.4 is 10.6 Å². The molecule has 0 aliphatic heterocycles. The van der Waals surface area contributed by atoms with E-state index >= 15 is 0 Å². The van der Waals surface area contributed by atoms with Crippen molar-refractivity contribution in [2.24, 2.45) is 0 Å². The normalized spacial score (nSPS) is 22.6. The van der Waals surface area contributed by atoms with Crippen LogP contribution in [0.15, 0.2) is 24.3 Å². The Morgan fingerprint density at radius 2 is 1.91 bits per heavy atom. The SMILES string of the molecule is CC(NC1CC(NC(=O)OC(C)(C)C)C1)c1ccccc1F. The standard InChI is InChI=1S/C17H25FN2O2/c1-11(14-7-5-6-8-15(14)18)19-12-9-13(10-12)20-16(21)22-17(2,3)4/h5-8,11-13,19H,9-10H2,1-4H3,(H,20,21). The Kier molecular flexibility index (Phi) is 5.06. The molecule has 2 rings (SSSR count). The van der Waals surface area contributed by atoms with Crippen molar-refractivity contribution in [3.05, 3.63) is 35.6 Å². The number of hydrogen-bond acceptors (Lipinski definition) is 3. The van der Waals surface area contributed by atoms with Gasteiger partial charge in [-0.3, -0.25) is 0 Å². The van der Waals surface area contributed by atoms with E-state index in [1.807, 2.05) is 33.8 Å². The summed E-state index contributed by atoms with van der Waals surface area (Å²) in [7, 11) is 0. The Hall–Kier alpha value is -1.62. The van der Waals surface area contributed by atoms with Gasteiger partial charge in [0.25, 0.3) is 0 Å². The van der Waals surface area contributed by atoms with Gasteiger partial charge in [-0.05, 0) is 46.6 Å². The van der Waals surface area contributed by atoms with Crippen molar-refractivity contribution in [2.75, 3.05) is 0 Å². The van der Waals surface area contributed by atoms with Crippen LogP contribution in [0.5, 0.6) is 0 Å². The first-order chi connectivity index (χ1) is 10.2. The molecule has 1 atom stereocenters. The van der Waals surface area contributed by atoms with Gasteiger partial charge < -0.3 is 15.4 Å². The second-order valence-corrected chi connectivity index (χ2v) is 6.92. The average Bonchev–Trinajstić information content (AvgIpc) is 2.34. The summed E-state index contributed by atoms with van der Waals surface area (Å²) in [4.78, 5) is 11.7. The maximum absolute atomic E-state index is 13.7. The van der Waals surface area contributed by atoms with Crippen molar-refractivity contribution in [1.29, 1.82) is 0 Å². The molecule has 4 nitrogen and oxygen atoms in total. The zero-order valence-electron chi connectivity index (χ0n) is 13.7. The van der Waals surface area contributed by atoms with E-state index in [1.165, 1.54) is 6.07 Å². The van der Waals surface area contributed by atoms with E-state index < -0.39 is 5.60 Å². The van der Waals surface area contributed by atoms with Gasteiger partial charge >= 0.3 is 6.09 Å². The minimum Gasteiger partial charge on any atom is -0.444 e. The average molecular weight is 308 g/mol. The number of carbonyl (C=O) groups excluding carboxylic acids is 1. The number of halogens is 1. The molecular weight excluding hydrogens is 283 g/mol. The van der Waals surface area contributed by atoms with Gasteiger partial charge in [-0.15, -0.1) is 0 Å². The first-order valence-electron chi connectivity index (χ1n) is 7.74. The zero-order chi connectivity index (χ0) is 16.3. The number of benzene rings is 1. The number of nitrogens with one attached hydrogen (secondary N) is 2. The number of ether oxygens (including phenoxy) is 1. The van der Waals surface area contributed by atoms with Crippen LogP contribution in [0, 0.1) is 5.82 Å². The Balaban J connectivity index is 1.73. The van der Waals surface area contributed by atoms with Gasteiger partial charge in [0.2, 0.25) is 0 Å². The number of rotatable bonds is 4. The molecule has 1 aliphatic rings. The van der Waals surface area contributed by atoms with Gasteiger partial charge in [-0.25, -0.2) is 9.18 Å². The summed E-state index contributed by atoms with van der Waals surface area (Å²) in [5, 5.41) is 6.24. The molecule has 1 aromatic carbocycles. The molecule has 0 spiro atoms. The quantitative estimate of drug-likeness (QED) is 0.894. The third-order valence-corrected chi connectivity index (χ3v) is 3.72. The maximum atomic E-state index is 13.7. The molecule has 1 unspecified atom stereocenters. The fraction of sp³-hybridized carbons (Fsp3) is 0.588. The van der Waals surface area contributed by atoms with Crippen LogP contribution in [0.4, 0.5) is 9.18 Å². The monoisotopic (exact) mass is 308 g/mol. The molecule has 122 valence electrons. The number of carbonyl (C=O) groups is 1. The van der Waals surface area contributed by atoms with Gasteiger partial charge in [-0.1, -0.05) is 18.2 Å². The van der Waals surface area contributed by atoms with E-state index in [-0.39, 0.29) is 30.0 Å². The lowest BCUT2D eigenvalue weighted by Crippen LogP contribution is -2.53. The Bertz CT molecular complexity index is 522. The van der Waals surface area contributed by atoms with Crippen molar-refractivity contribution >= 4 is 6.09 Å². The molecule has 1 fully saturated rings. The fourth-order valence-corrected chi connectivity index (χ4v) is 2.62. The van der Waals surface area contributed by atoms with Crippen LogP contribution >= 0.6 is 0 Å². The molecule has 0 aromatic heterocycles. The first kappa shape index (κ1) is 16.7. The predicted octanol–water partition coefficient (Wildman–Crippen LogP) is 3.53. The van der Waals surface area contributed by atoms with Gasteiger partial charge in [0, 0.05) is 23.7 Å². The first-order valence-corrected chi connectivity index (χ1v) is 7.74. The Morgan fingerprint density at radius 1 is 1.27 bits per heavy atom. The second kappa shape index (κ2) is 6.65. The lowest BCUT2D eigenvalue weighted by molar-refractivity contribution is 0.0463. The largest absolute Gasteiger partial charge is 0.444 e. The summed E-state index contributed by atoms with van der Waals surface area (Å²) in [6, 6.07) is 7.16.